The Labute approximate surface area is 94.8 Å². The molecule has 1 amide bonds. The van der Waals surface area contributed by atoms with E-state index in [4.69, 9.17) is 0 Å². The standard InChI is InChI=1S/C11H9F4NO/c12-8-1-2-9(10(13)3-8)11(14,15)7-4-16(5-7)6-17/h1-3,6-7H,4-5H2. The third kappa shape index (κ3) is 1.99. The molecule has 92 valence electrons. The van der Waals surface area contributed by atoms with Crippen LogP contribution in [-0.4, -0.2) is 24.4 Å². The molecule has 2 nitrogen and oxygen atoms in total. The molecule has 1 aromatic rings. The molecule has 1 aromatic carbocycles. The Hall–Kier alpha value is -1.59. The Bertz CT molecular complexity index is 443. The van der Waals surface area contributed by atoms with Crippen LogP contribution in [0.1, 0.15) is 5.56 Å². The highest BCUT2D eigenvalue weighted by molar-refractivity contribution is 5.49. The first-order valence-electron chi connectivity index (χ1n) is 4.98. The van der Waals surface area contributed by atoms with Crippen molar-refractivity contribution in [1.82, 2.24) is 4.90 Å². The minimum Gasteiger partial charge on any atom is -0.344 e. The van der Waals surface area contributed by atoms with Gasteiger partial charge in [-0.25, -0.2) is 17.6 Å². The normalized spacial score (nSPS) is 16.8. The van der Waals surface area contributed by atoms with Crippen molar-refractivity contribution in [2.75, 3.05) is 13.1 Å². The zero-order valence-corrected chi connectivity index (χ0v) is 8.67. The number of hydrogen-bond donors (Lipinski definition) is 0. The van der Waals surface area contributed by atoms with E-state index in [2.05, 4.69) is 0 Å². The zero-order chi connectivity index (χ0) is 12.6. The van der Waals surface area contributed by atoms with Crippen molar-refractivity contribution in [1.29, 1.82) is 0 Å². The number of nitrogens with zero attached hydrogens (tertiary/aromatic N) is 1. The Morgan fingerprint density at radius 1 is 1.29 bits per heavy atom. The molecular weight excluding hydrogens is 238 g/mol. The lowest BCUT2D eigenvalue weighted by Gasteiger charge is -2.41. The Balaban J connectivity index is 2.23. The summed E-state index contributed by atoms with van der Waals surface area (Å²) in [5.41, 5.74) is -0.825. The molecule has 0 aromatic heterocycles. The van der Waals surface area contributed by atoms with Gasteiger partial charge < -0.3 is 4.90 Å². The first-order chi connectivity index (χ1) is 7.95. The number of carbonyl (C=O) groups excluding carboxylic acids is 1. The third-order valence-corrected chi connectivity index (χ3v) is 2.86. The minimum atomic E-state index is -3.39. The summed E-state index contributed by atoms with van der Waals surface area (Å²) < 4.78 is 53.4. The molecule has 6 heteroatoms. The van der Waals surface area contributed by atoms with Crippen molar-refractivity contribution in [3.8, 4) is 0 Å². The van der Waals surface area contributed by atoms with E-state index in [1.54, 1.807) is 0 Å². The molecule has 0 atom stereocenters. The molecule has 0 spiro atoms. The summed E-state index contributed by atoms with van der Waals surface area (Å²) in [5.74, 6) is -6.67. The molecule has 1 aliphatic rings. The maximum atomic E-state index is 13.8. The predicted octanol–water partition coefficient (Wildman–Crippen LogP) is 2.14. The van der Waals surface area contributed by atoms with E-state index in [9.17, 15) is 22.4 Å². The van der Waals surface area contributed by atoms with Crippen LogP contribution < -0.4 is 0 Å². The molecule has 1 saturated heterocycles. The van der Waals surface area contributed by atoms with Gasteiger partial charge in [-0.1, -0.05) is 0 Å². The van der Waals surface area contributed by atoms with E-state index >= 15 is 0 Å². The fourth-order valence-electron chi connectivity index (χ4n) is 1.81. The monoisotopic (exact) mass is 247 g/mol. The molecule has 0 unspecified atom stereocenters. The summed E-state index contributed by atoms with van der Waals surface area (Å²) in [5, 5.41) is 0. The number of benzene rings is 1. The van der Waals surface area contributed by atoms with Crippen LogP contribution in [0.15, 0.2) is 18.2 Å². The zero-order valence-electron chi connectivity index (χ0n) is 8.67. The second-order valence-electron chi connectivity index (χ2n) is 4.00. The van der Waals surface area contributed by atoms with E-state index < -0.39 is 29.0 Å². The second-order valence-corrected chi connectivity index (χ2v) is 4.00. The van der Waals surface area contributed by atoms with Gasteiger partial charge in [0, 0.05) is 19.2 Å². The van der Waals surface area contributed by atoms with Gasteiger partial charge >= 0.3 is 0 Å². The molecule has 1 heterocycles. The molecule has 17 heavy (non-hydrogen) atoms. The molecule has 0 N–H and O–H groups in total. The van der Waals surface area contributed by atoms with Crippen LogP contribution >= 0.6 is 0 Å². The molecule has 0 bridgehead atoms. The number of halogens is 4. The smallest absolute Gasteiger partial charge is 0.282 e. The van der Waals surface area contributed by atoms with Crippen LogP contribution in [0.2, 0.25) is 0 Å². The van der Waals surface area contributed by atoms with E-state index in [0.29, 0.717) is 12.5 Å². The largest absolute Gasteiger partial charge is 0.344 e. The highest BCUT2D eigenvalue weighted by atomic mass is 19.3. The summed E-state index contributed by atoms with van der Waals surface area (Å²) in [6.45, 7) is -0.235. The van der Waals surface area contributed by atoms with E-state index in [1.807, 2.05) is 0 Å². The van der Waals surface area contributed by atoms with Gasteiger partial charge in [-0.05, 0) is 12.1 Å². The highest BCUT2D eigenvalue weighted by Crippen LogP contribution is 2.41. The number of amides is 1. The average Bonchev–Trinajstić information content (AvgIpc) is 2.14. The first-order valence-corrected chi connectivity index (χ1v) is 4.98. The number of alkyl halides is 2. The molecule has 2 rings (SSSR count). The Kier molecular flexibility index (Phi) is 2.81. The average molecular weight is 247 g/mol. The minimum absolute atomic E-state index is 0.118. The van der Waals surface area contributed by atoms with Gasteiger partial charge in [0.15, 0.2) is 0 Å². The molecular formula is C11H9F4NO. The van der Waals surface area contributed by atoms with Crippen molar-refractivity contribution in [2.45, 2.75) is 5.92 Å². The molecule has 0 aliphatic carbocycles. The quantitative estimate of drug-likeness (QED) is 0.592. The van der Waals surface area contributed by atoms with Crippen molar-refractivity contribution in [2.24, 2.45) is 5.92 Å². The molecule has 0 radical (unpaired) electrons. The van der Waals surface area contributed by atoms with Gasteiger partial charge in [0.25, 0.3) is 5.92 Å². The van der Waals surface area contributed by atoms with Gasteiger partial charge in [0.1, 0.15) is 11.6 Å². The van der Waals surface area contributed by atoms with Gasteiger partial charge in [0.2, 0.25) is 6.41 Å². The van der Waals surface area contributed by atoms with Gasteiger partial charge in [-0.2, -0.15) is 0 Å². The van der Waals surface area contributed by atoms with Crippen molar-refractivity contribution in [3.05, 3.63) is 35.4 Å². The first kappa shape index (κ1) is 11.9. The molecule has 0 saturated carbocycles. The summed E-state index contributed by atoms with van der Waals surface area (Å²) in [4.78, 5) is 11.4. The Morgan fingerprint density at radius 2 is 1.94 bits per heavy atom. The van der Waals surface area contributed by atoms with Gasteiger partial charge in [0.05, 0.1) is 11.5 Å². The van der Waals surface area contributed by atoms with E-state index in [0.717, 1.165) is 12.1 Å². The maximum absolute atomic E-state index is 13.8. The van der Waals surface area contributed by atoms with Gasteiger partial charge in [-0.15, -0.1) is 0 Å². The molecule has 1 aliphatic heterocycles. The summed E-state index contributed by atoms with van der Waals surface area (Å²) in [6.07, 6.45) is 0.466. The van der Waals surface area contributed by atoms with Crippen LogP contribution in [-0.2, 0) is 10.7 Å². The van der Waals surface area contributed by atoms with E-state index in [-0.39, 0.29) is 13.1 Å². The fourth-order valence-corrected chi connectivity index (χ4v) is 1.81. The summed E-state index contributed by atoms with van der Waals surface area (Å²) in [7, 11) is 0. The Morgan fingerprint density at radius 3 is 2.47 bits per heavy atom. The van der Waals surface area contributed by atoms with Crippen molar-refractivity contribution >= 4 is 6.41 Å². The number of hydrogen-bond acceptors (Lipinski definition) is 1. The van der Waals surface area contributed by atoms with Crippen molar-refractivity contribution < 1.29 is 22.4 Å². The number of carbonyl (C=O) groups is 1. The lowest BCUT2D eigenvalue weighted by Crippen LogP contribution is -2.52. The summed E-state index contributed by atoms with van der Waals surface area (Å²) >= 11 is 0. The predicted molar refractivity (Wildman–Crippen MR) is 51.4 cm³/mol. The summed E-state index contributed by atoms with van der Waals surface area (Å²) in [6, 6.07) is 1.97. The van der Waals surface area contributed by atoms with Crippen LogP contribution in [0.3, 0.4) is 0 Å². The SMILES string of the molecule is O=CN1CC(C(F)(F)c2ccc(F)cc2F)C1. The van der Waals surface area contributed by atoms with Gasteiger partial charge in [-0.3, -0.25) is 4.79 Å². The molecule has 1 fully saturated rings. The fraction of sp³-hybridized carbons (Fsp3) is 0.364. The van der Waals surface area contributed by atoms with Crippen LogP contribution in [0.5, 0.6) is 0 Å². The lowest BCUT2D eigenvalue weighted by atomic mass is 9.88. The van der Waals surface area contributed by atoms with Crippen LogP contribution in [0, 0.1) is 17.6 Å². The van der Waals surface area contributed by atoms with E-state index in [1.165, 1.54) is 4.90 Å². The second kappa shape index (κ2) is 4.01. The maximum Gasteiger partial charge on any atom is 0.282 e. The topological polar surface area (TPSA) is 20.3 Å². The highest BCUT2D eigenvalue weighted by Gasteiger charge is 2.49. The van der Waals surface area contributed by atoms with Crippen LogP contribution in [0.4, 0.5) is 17.6 Å². The number of likely N-dealkylation sites (tertiary alicyclic amines) is 1. The van der Waals surface area contributed by atoms with Crippen molar-refractivity contribution in [3.63, 3.8) is 0 Å². The van der Waals surface area contributed by atoms with Crippen LogP contribution in [0.25, 0.3) is 0 Å². The third-order valence-electron chi connectivity index (χ3n) is 2.86. The lowest BCUT2D eigenvalue weighted by molar-refractivity contribution is -0.145. The number of rotatable bonds is 3.